The molecule has 29 heavy (non-hydrogen) atoms. The molecule has 2 heterocycles. The first-order valence-electron chi connectivity index (χ1n) is 9.43. The lowest BCUT2D eigenvalue weighted by Gasteiger charge is -2.43. The number of halogens is 2. The van der Waals surface area contributed by atoms with Crippen LogP contribution in [0.15, 0.2) is 42.5 Å². The second-order valence-electron chi connectivity index (χ2n) is 7.35. The lowest BCUT2D eigenvalue weighted by Crippen LogP contribution is -2.53. The van der Waals surface area contributed by atoms with Crippen molar-refractivity contribution in [1.29, 1.82) is 0 Å². The van der Waals surface area contributed by atoms with Gasteiger partial charge in [0, 0.05) is 24.5 Å². The van der Waals surface area contributed by atoms with E-state index in [1.807, 2.05) is 36.1 Å². The zero-order chi connectivity index (χ0) is 20.6. The predicted molar refractivity (Wildman–Crippen MR) is 120 cm³/mol. The summed E-state index contributed by atoms with van der Waals surface area (Å²) in [7, 11) is 0. The van der Waals surface area contributed by atoms with Gasteiger partial charge in [0.15, 0.2) is 0 Å². The van der Waals surface area contributed by atoms with Crippen LogP contribution < -0.4 is 10.2 Å². The van der Waals surface area contributed by atoms with E-state index in [1.54, 1.807) is 34.9 Å². The van der Waals surface area contributed by atoms with Gasteiger partial charge in [0.25, 0.3) is 0 Å². The highest BCUT2D eigenvalue weighted by Gasteiger charge is 2.49. The zero-order valence-corrected chi connectivity index (χ0v) is 18.3. The monoisotopic (exact) mass is 449 g/mol. The van der Waals surface area contributed by atoms with Gasteiger partial charge in [0.1, 0.15) is 0 Å². The molecule has 2 aliphatic rings. The van der Waals surface area contributed by atoms with E-state index in [4.69, 9.17) is 23.2 Å². The maximum Gasteiger partial charge on any atom is 0.321 e. The van der Waals surface area contributed by atoms with Gasteiger partial charge in [0.2, 0.25) is 5.91 Å². The summed E-state index contributed by atoms with van der Waals surface area (Å²) in [4.78, 5) is 28.7. The minimum atomic E-state index is -0.285. The number of nitrogens with one attached hydrogen (secondary N) is 1. The number of amides is 3. The Morgan fingerprint density at radius 3 is 2.41 bits per heavy atom. The van der Waals surface area contributed by atoms with Crippen LogP contribution in [0.1, 0.15) is 18.4 Å². The summed E-state index contributed by atoms with van der Waals surface area (Å²) < 4.78 is 0. The average Bonchev–Trinajstić information content (AvgIpc) is 3.02. The number of hydrogen-bond acceptors (Lipinski definition) is 3. The fourth-order valence-electron chi connectivity index (χ4n) is 3.83. The van der Waals surface area contributed by atoms with Crippen LogP contribution in [0.5, 0.6) is 0 Å². The van der Waals surface area contributed by atoms with Crippen LogP contribution in [0.4, 0.5) is 16.2 Å². The molecular formula is C21H21Cl2N3O2S. The largest absolute Gasteiger partial charge is 0.324 e. The minimum absolute atomic E-state index is 0.132. The van der Waals surface area contributed by atoms with E-state index >= 15 is 0 Å². The van der Waals surface area contributed by atoms with Crippen molar-refractivity contribution in [1.82, 2.24) is 4.90 Å². The second kappa shape index (κ2) is 8.09. The number of thioether (sulfide) groups is 1. The second-order valence-corrected chi connectivity index (χ2v) is 9.50. The molecule has 5 nitrogen and oxygen atoms in total. The first-order chi connectivity index (χ1) is 13.9. The topological polar surface area (TPSA) is 52.7 Å². The van der Waals surface area contributed by atoms with Crippen molar-refractivity contribution >= 4 is 58.3 Å². The molecule has 0 bridgehead atoms. The number of nitrogens with zero attached hydrogens (tertiary/aromatic N) is 2. The highest BCUT2D eigenvalue weighted by molar-refractivity contribution is 8.02. The molecule has 8 heteroatoms. The molecule has 2 saturated heterocycles. The summed E-state index contributed by atoms with van der Waals surface area (Å²) >= 11 is 13.6. The molecule has 0 saturated carbocycles. The Labute approximate surface area is 184 Å². The number of benzene rings is 2. The number of hydrogen-bond donors (Lipinski definition) is 1. The van der Waals surface area contributed by atoms with Gasteiger partial charge in [-0.1, -0.05) is 40.9 Å². The number of rotatable bonds is 2. The van der Waals surface area contributed by atoms with Crippen LogP contribution >= 0.6 is 35.0 Å². The Morgan fingerprint density at radius 1 is 1.07 bits per heavy atom. The molecule has 0 unspecified atom stereocenters. The first kappa shape index (κ1) is 20.4. The van der Waals surface area contributed by atoms with Gasteiger partial charge < -0.3 is 10.2 Å². The van der Waals surface area contributed by atoms with Crippen molar-refractivity contribution in [3.63, 3.8) is 0 Å². The summed E-state index contributed by atoms with van der Waals surface area (Å²) in [6, 6.07) is 12.9. The zero-order valence-electron chi connectivity index (χ0n) is 16.0. The molecule has 2 aromatic rings. The summed E-state index contributed by atoms with van der Waals surface area (Å²) in [6.07, 6.45) is 1.46. The molecule has 3 amide bonds. The lowest BCUT2D eigenvalue weighted by molar-refractivity contribution is -0.116. The van der Waals surface area contributed by atoms with Crippen LogP contribution in [0.25, 0.3) is 0 Å². The van der Waals surface area contributed by atoms with E-state index < -0.39 is 0 Å². The van der Waals surface area contributed by atoms with Crippen molar-refractivity contribution in [2.45, 2.75) is 24.6 Å². The van der Waals surface area contributed by atoms with Crippen LogP contribution in [0.3, 0.4) is 0 Å². The van der Waals surface area contributed by atoms with Crippen molar-refractivity contribution in [2.75, 3.05) is 29.1 Å². The molecule has 0 aromatic heterocycles. The minimum Gasteiger partial charge on any atom is -0.324 e. The molecule has 152 valence electrons. The van der Waals surface area contributed by atoms with Crippen LogP contribution in [0.2, 0.25) is 10.0 Å². The number of carbonyl (C=O) groups excluding carboxylic acids is 2. The maximum atomic E-state index is 12.7. The highest BCUT2D eigenvalue weighted by Crippen LogP contribution is 2.46. The standard InChI is InChI=1S/C21H21Cl2N3O2S/c1-14-2-5-16(6-3-14)26-19(27)13-29-21(26)8-10-25(11-9-21)20(28)24-15-4-7-17(22)18(23)12-15/h2-7,12H,8-11,13H2,1H3,(H,24,28). The third-order valence-electron chi connectivity index (χ3n) is 5.42. The number of aryl methyl sites for hydroxylation is 1. The predicted octanol–water partition coefficient (Wildman–Crippen LogP) is 5.41. The van der Waals surface area contributed by atoms with Gasteiger partial charge in [-0.15, -0.1) is 11.8 Å². The van der Waals surface area contributed by atoms with Crippen molar-refractivity contribution in [3.8, 4) is 0 Å². The Morgan fingerprint density at radius 2 is 1.76 bits per heavy atom. The molecule has 1 N–H and O–H groups in total. The van der Waals surface area contributed by atoms with E-state index in [2.05, 4.69) is 5.32 Å². The van der Waals surface area contributed by atoms with Crippen LogP contribution in [0, 0.1) is 6.92 Å². The molecule has 4 rings (SSSR count). The summed E-state index contributed by atoms with van der Waals surface area (Å²) in [5, 5.41) is 3.72. The Kier molecular flexibility index (Phi) is 5.69. The van der Waals surface area contributed by atoms with E-state index in [0.29, 0.717) is 34.6 Å². The smallest absolute Gasteiger partial charge is 0.321 e. The Balaban J connectivity index is 1.44. The van der Waals surface area contributed by atoms with E-state index in [9.17, 15) is 9.59 Å². The van der Waals surface area contributed by atoms with Crippen LogP contribution in [-0.2, 0) is 4.79 Å². The van der Waals surface area contributed by atoms with Gasteiger partial charge in [0.05, 0.1) is 20.7 Å². The van der Waals surface area contributed by atoms with Crippen molar-refractivity contribution in [3.05, 3.63) is 58.1 Å². The van der Waals surface area contributed by atoms with Gasteiger partial charge >= 0.3 is 6.03 Å². The summed E-state index contributed by atoms with van der Waals surface area (Å²) in [5.41, 5.74) is 2.70. The average molecular weight is 450 g/mol. The summed E-state index contributed by atoms with van der Waals surface area (Å²) in [6.45, 7) is 3.19. The third kappa shape index (κ3) is 4.06. The van der Waals surface area contributed by atoms with Crippen molar-refractivity contribution in [2.24, 2.45) is 0 Å². The number of carbonyl (C=O) groups is 2. The van der Waals surface area contributed by atoms with Crippen molar-refractivity contribution < 1.29 is 9.59 Å². The number of urea groups is 1. The molecule has 0 atom stereocenters. The molecular weight excluding hydrogens is 429 g/mol. The molecule has 2 aromatic carbocycles. The molecule has 1 spiro atoms. The van der Waals surface area contributed by atoms with E-state index in [-0.39, 0.29) is 16.8 Å². The van der Waals surface area contributed by atoms with Crippen LogP contribution in [-0.4, -0.2) is 40.6 Å². The lowest BCUT2D eigenvalue weighted by atomic mass is 10.0. The molecule has 2 fully saturated rings. The number of likely N-dealkylation sites (tertiary alicyclic amines) is 1. The molecule has 0 radical (unpaired) electrons. The maximum absolute atomic E-state index is 12.7. The molecule has 0 aliphatic carbocycles. The van der Waals surface area contributed by atoms with Gasteiger partial charge in [-0.3, -0.25) is 9.69 Å². The third-order valence-corrected chi connectivity index (χ3v) is 7.67. The van der Waals surface area contributed by atoms with E-state index in [0.717, 1.165) is 24.1 Å². The van der Waals surface area contributed by atoms with Gasteiger partial charge in [-0.25, -0.2) is 4.79 Å². The van der Waals surface area contributed by atoms with Gasteiger partial charge in [-0.05, 0) is 50.1 Å². The summed E-state index contributed by atoms with van der Waals surface area (Å²) in [5.74, 6) is 0.608. The Hall–Kier alpha value is -1.89. The SMILES string of the molecule is Cc1ccc(N2C(=O)CSC23CCN(C(=O)Nc2ccc(Cl)c(Cl)c2)CC3)cc1. The molecule has 2 aliphatic heterocycles. The highest BCUT2D eigenvalue weighted by atomic mass is 35.5. The first-order valence-corrected chi connectivity index (χ1v) is 11.2. The number of piperidine rings is 1. The Bertz CT molecular complexity index is 943. The fraction of sp³-hybridized carbons (Fsp3) is 0.333. The van der Waals surface area contributed by atoms with E-state index in [1.165, 1.54) is 0 Å². The fourth-order valence-corrected chi connectivity index (χ4v) is 5.46. The normalized spacial score (nSPS) is 18.4. The number of anilines is 2. The quantitative estimate of drug-likeness (QED) is 0.666. The van der Waals surface area contributed by atoms with Gasteiger partial charge in [-0.2, -0.15) is 0 Å².